The van der Waals surface area contributed by atoms with Crippen molar-refractivity contribution in [2.45, 2.75) is 19.8 Å². The highest BCUT2D eigenvalue weighted by Crippen LogP contribution is 2.32. The number of amides is 2. The lowest BCUT2D eigenvalue weighted by Crippen LogP contribution is -2.33. The fourth-order valence-electron chi connectivity index (χ4n) is 2.98. The fraction of sp³-hybridized carbons (Fsp3) is 0.211. The second kappa shape index (κ2) is 6.39. The van der Waals surface area contributed by atoms with E-state index >= 15 is 0 Å². The maximum atomic E-state index is 12.5. The minimum Gasteiger partial charge on any atom is -0.339 e. The maximum Gasteiger partial charge on any atom is 0.326 e. The molecule has 0 saturated heterocycles. The molecule has 6 nitrogen and oxygen atoms in total. The number of aromatic nitrogens is 2. The highest BCUT2D eigenvalue weighted by Gasteiger charge is 2.25. The highest BCUT2D eigenvalue weighted by molar-refractivity contribution is 6.03. The molecule has 0 bridgehead atoms. The predicted molar refractivity (Wildman–Crippen MR) is 95.6 cm³/mol. The molecule has 0 unspecified atom stereocenters. The van der Waals surface area contributed by atoms with E-state index in [2.05, 4.69) is 15.5 Å². The summed E-state index contributed by atoms with van der Waals surface area (Å²) in [5.41, 5.74) is 3.74. The Bertz CT molecular complexity index is 905. The van der Waals surface area contributed by atoms with Gasteiger partial charge < -0.3 is 9.84 Å². The molecule has 1 aromatic heterocycles. The molecule has 1 aliphatic heterocycles. The molecular formula is C19H18N4O2. The summed E-state index contributed by atoms with van der Waals surface area (Å²) >= 11 is 0. The van der Waals surface area contributed by atoms with Gasteiger partial charge in [0.1, 0.15) is 0 Å². The van der Waals surface area contributed by atoms with Crippen LogP contribution in [-0.4, -0.2) is 22.7 Å². The van der Waals surface area contributed by atoms with Crippen molar-refractivity contribution in [3.63, 3.8) is 0 Å². The Labute approximate surface area is 145 Å². The lowest BCUT2D eigenvalue weighted by atomic mass is 10.1. The Hall–Kier alpha value is -3.15. The minimum atomic E-state index is -0.120. The summed E-state index contributed by atoms with van der Waals surface area (Å²) in [6, 6.07) is 15.3. The second-order valence-corrected chi connectivity index (χ2v) is 5.91. The Kier molecular flexibility index (Phi) is 3.93. The third kappa shape index (κ3) is 2.98. The standard InChI is InChI=1S/C19H18N4O2/c1-2-17-21-18(22-25-17)14-8-9-16-13(12-14)10-11-23(16)19(24)20-15-6-4-3-5-7-15/h3-9,12H,2,10-11H2,1H3,(H,20,24). The van der Waals surface area contributed by atoms with Gasteiger partial charge in [-0.2, -0.15) is 4.98 Å². The first-order chi connectivity index (χ1) is 12.2. The van der Waals surface area contributed by atoms with Gasteiger partial charge in [-0.1, -0.05) is 30.3 Å². The van der Waals surface area contributed by atoms with Gasteiger partial charge in [0.2, 0.25) is 11.7 Å². The third-order valence-electron chi connectivity index (χ3n) is 4.27. The van der Waals surface area contributed by atoms with Gasteiger partial charge in [0.05, 0.1) is 0 Å². The van der Waals surface area contributed by atoms with Crippen molar-refractivity contribution >= 4 is 17.4 Å². The van der Waals surface area contributed by atoms with Crippen LogP contribution in [0.5, 0.6) is 0 Å². The number of benzene rings is 2. The highest BCUT2D eigenvalue weighted by atomic mass is 16.5. The second-order valence-electron chi connectivity index (χ2n) is 5.91. The summed E-state index contributed by atoms with van der Waals surface area (Å²) in [4.78, 5) is 18.7. The zero-order valence-electron chi connectivity index (χ0n) is 13.9. The number of nitrogens with zero attached hydrogens (tertiary/aromatic N) is 3. The largest absolute Gasteiger partial charge is 0.339 e. The molecule has 0 radical (unpaired) electrons. The molecule has 0 saturated carbocycles. The molecule has 1 aliphatic rings. The van der Waals surface area contributed by atoms with Crippen LogP contribution >= 0.6 is 0 Å². The molecule has 2 amide bonds. The Morgan fingerprint density at radius 2 is 2.08 bits per heavy atom. The van der Waals surface area contributed by atoms with E-state index in [1.165, 1.54) is 0 Å². The summed E-state index contributed by atoms with van der Waals surface area (Å²) in [6.45, 7) is 2.63. The van der Waals surface area contributed by atoms with Gasteiger partial charge in [-0.25, -0.2) is 4.79 Å². The topological polar surface area (TPSA) is 71.3 Å². The number of hydrogen-bond acceptors (Lipinski definition) is 4. The Morgan fingerprint density at radius 3 is 2.84 bits per heavy atom. The van der Waals surface area contributed by atoms with Crippen LogP contribution in [-0.2, 0) is 12.8 Å². The number of rotatable bonds is 3. The van der Waals surface area contributed by atoms with Crippen LogP contribution in [0.4, 0.5) is 16.2 Å². The van der Waals surface area contributed by atoms with E-state index in [-0.39, 0.29) is 6.03 Å². The molecule has 2 aromatic carbocycles. The van der Waals surface area contributed by atoms with E-state index in [4.69, 9.17) is 4.52 Å². The van der Waals surface area contributed by atoms with Crippen molar-refractivity contribution in [2.24, 2.45) is 0 Å². The van der Waals surface area contributed by atoms with Crippen LogP contribution in [0.15, 0.2) is 53.1 Å². The molecule has 6 heteroatoms. The van der Waals surface area contributed by atoms with Crippen molar-refractivity contribution in [3.8, 4) is 11.4 Å². The maximum absolute atomic E-state index is 12.5. The SMILES string of the molecule is CCc1nc(-c2ccc3c(c2)CCN3C(=O)Nc2ccccc2)no1. The monoisotopic (exact) mass is 334 g/mol. The summed E-state index contributed by atoms with van der Waals surface area (Å²) in [7, 11) is 0. The number of hydrogen-bond donors (Lipinski definition) is 1. The number of fused-ring (bicyclic) bond motifs is 1. The Morgan fingerprint density at radius 1 is 1.24 bits per heavy atom. The zero-order valence-corrected chi connectivity index (χ0v) is 13.9. The fourth-order valence-corrected chi connectivity index (χ4v) is 2.98. The van der Waals surface area contributed by atoms with Crippen LogP contribution in [0, 0.1) is 0 Å². The lowest BCUT2D eigenvalue weighted by Gasteiger charge is -2.18. The molecule has 3 aromatic rings. The van der Waals surface area contributed by atoms with Crippen LogP contribution in [0.3, 0.4) is 0 Å². The molecule has 0 atom stereocenters. The number of para-hydroxylation sites is 1. The van der Waals surface area contributed by atoms with Gasteiger partial charge in [-0.3, -0.25) is 4.90 Å². The number of carbonyl (C=O) groups excluding carboxylic acids is 1. The van der Waals surface area contributed by atoms with E-state index in [1.807, 2.05) is 55.5 Å². The number of aryl methyl sites for hydroxylation is 1. The molecule has 126 valence electrons. The van der Waals surface area contributed by atoms with Crippen molar-refractivity contribution in [1.29, 1.82) is 0 Å². The smallest absolute Gasteiger partial charge is 0.326 e. The van der Waals surface area contributed by atoms with Crippen molar-refractivity contribution in [2.75, 3.05) is 16.8 Å². The molecule has 2 heterocycles. The molecule has 0 spiro atoms. The molecule has 4 rings (SSSR count). The lowest BCUT2D eigenvalue weighted by molar-refractivity contribution is 0.257. The summed E-state index contributed by atoms with van der Waals surface area (Å²) in [6.07, 6.45) is 1.52. The van der Waals surface area contributed by atoms with Crippen LogP contribution in [0.25, 0.3) is 11.4 Å². The van der Waals surface area contributed by atoms with E-state index in [0.29, 0.717) is 24.7 Å². The first-order valence-corrected chi connectivity index (χ1v) is 8.34. The van der Waals surface area contributed by atoms with E-state index in [1.54, 1.807) is 4.90 Å². The van der Waals surface area contributed by atoms with Gasteiger partial charge >= 0.3 is 6.03 Å². The molecule has 0 aliphatic carbocycles. The zero-order chi connectivity index (χ0) is 17.2. The first-order valence-electron chi connectivity index (χ1n) is 8.34. The number of anilines is 2. The summed E-state index contributed by atoms with van der Waals surface area (Å²) in [5.74, 6) is 1.21. The van der Waals surface area contributed by atoms with Gasteiger partial charge in [-0.05, 0) is 42.3 Å². The molecule has 0 fully saturated rings. The molecule has 1 N–H and O–H groups in total. The average Bonchev–Trinajstić information content (AvgIpc) is 3.29. The van der Waals surface area contributed by atoms with Crippen molar-refractivity contribution < 1.29 is 9.32 Å². The first kappa shape index (κ1) is 15.4. The van der Waals surface area contributed by atoms with Gasteiger partial charge in [0.25, 0.3) is 0 Å². The van der Waals surface area contributed by atoms with Gasteiger partial charge in [0, 0.05) is 29.9 Å². The summed E-state index contributed by atoms with van der Waals surface area (Å²) < 4.78 is 5.18. The predicted octanol–water partition coefficient (Wildman–Crippen LogP) is 3.89. The van der Waals surface area contributed by atoms with Crippen molar-refractivity contribution in [3.05, 3.63) is 60.0 Å². The van der Waals surface area contributed by atoms with Crippen LogP contribution in [0.1, 0.15) is 18.4 Å². The van der Waals surface area contributed by atoms with E-state index < -0.39 is 0 Å². The number of nitrogens with one attached hydrogen (secondary N) is 1. The van der Waals surface area contributed by atoms with Gasteiger partial charge in [0.15, 0.2) is 0 Å². The van der Waals surface area contributed by atoms with E-state index in [0.717, 1.165) is 28.9 Å². The number of carbonyl (C=O) groups is 1. The van der Waals surface area contributed by atoms with E-state index in [9.17, 15) is 4.79 Å². The third-order valence-corrected chi connectivity index (χ3v) is 4.27. The molecule has 25 heavy (non-hydrogen) atoms. The number of urea groups is 1. The quantitative estimate of drug-likeness (QED) is 0.789. The Balaban J connectivity index is 1.55. The normalized spacial score (nSPS) is 12.9. The average molecular weight is 334 g/mol. The summed E-state index contributed by atoms with van der Waals surface area (Å²) in [5, 5.41) is 6.94. The van der Waals surface area contributed by atoms with Crippen LogP contribution in [0.2, 0.25) is 0 Å². The minimum absolute atomic E-state index is 0.120. The molecular weight excluding hydrogens is 316 g/mol. The van der Waals surface area contributed by atoms with Crippen LogP contribution < -0.4 is 10.2 Å². The van der Waals surface area contributed by atoms with Gasteiger partial charge in [-0.15, -0.1) is 0 Å². The van der Waals surface area contributed by atoms with Crippen molar-refractivity contribution in [1.82, 2.24) is 10.1 Å².